The summed E-state index contributed by atoms with van der Waals surface area (Å²) in [5.74, 6) is 1.56. The fraction of sp³-hybridized carbons (Fsp3) is 1.00. The van der Waals surface area contributed by atoms with E-state index in [-0.39, 0.29) is 0 Å². The molecule has 1 unspecified atom stereocenters. The predicted octanol–water partition coefficient (Wildman–Crippen LogP) is 3.77. The topological polar surface area (TPSA) is 15.3 Å². The molecule has 0 heterocycles. The second-order valence-corrected chi connectivity index (χ2v) is 6.51. The molecule has 0 aromatic heterocycles. The molecule has 0 aliphatic rings. The third-order valence-electron chi connectivity index (χ3n) is 3.46. The Kier molecular flexibility index (Phi) is 9.76. The first-order chi connectivity index (χ1) is 8.38. The fourth-order valence-electron chi connectivity index (χ4n) is 2.69. The Hall–Kier alpha value is -0.0800. The van der Waals surface area contributed by atoms with Gasteiger partial charge in [-0.1, -0.05) is 41.5 Å². The lowest BCUT2D eigenvalue weighted by molar-refractivity contribution is 0.246. The largest absolute Gasteiger partial charge is 0.310 e. The maximum Gasteiger partial charge on any atom is 0.0169 e. The molecule has 18 heavy (non-hydrogen) atoms. The van der Waals surface area contributed by atoms with E-state index in [1.807, 2.05) is 0 Å². The van der Waals surface area contributed by atoms with E-state index in [0.29, 0.717) is 12.1 Å². The van der Waals surface area contributed by atoms with Crippen LogP contribution in [-0.4, -0.2) is 36.6 Å². The van der Waals surface area contributed by atoms with Crippen molar-refractivity contribution >= 4 is 0 Å². The first-order valence-corrected chi connectivity index (χ1v) is 7.87. The van der Waals surface area contributed by atoms with Crippen LogP contribution in [0.4, 0.5) is 0 Å². The van der Waals surface area contributed by atoms with E-state index < -0.39 is 0 Å². The van der Waals surface area contributed by atoms with Gasteiger partial charge >= 0.3 is 0 Å². The van der Waals surface area contributed by atoms with Gasteiger partial charge in [-0.2, -0.15) is 0 Å². The summed E-state index contributed by atoms with van der Waals surface area (Å²) in [5.41, 5.74) is 0. The van der Waals surface area contributed by atoms with Crippen molar-refractivity contribution in [3.05, 3.63) is 0 Å². The molecule has 0 saturated carbocycles. The van der Waals surface area contributed by atoms with E-state index in [9.17, 15) is 0 Å². The van der Waals surface area contributed by atoms with Gasteiger partial charge in [-0.05, 0) is 44.7 Å². The van der Waals surface area contributed by atoms with Crippen LogP contribution in [0.5, 0.6) is 0 Å². The molecule has 0 bridgehead atoms. The second-order valence-electron chi connectivity index (χ2n) is 6.51. The third-order valence-corrected chi connectivity index (χ3v) is 3.46. The molecule has 0 spiro atoms. The first kappa shape index (κ1) is 17.9. The van der Waals surface area contributed by atoms with Crippen LogP contribution >= 0.6 is 0 Å². The van der Waals surface area contributed by atoms with Crippen LogP contribution in [0.3, 0.4) is 0 Å². The van der Waals surface area contributed by atoms with Gasteiger partial charge in [-0.15, -0.1) is 0 Å². The van der Waals surface area contributed by atoms with Gasteiger partial charge < -0.3 is 10.2 Å². The molecule has 0 aromatic rings. The molecule has 110 valence electrons. The summed E-state index contributed by atoms with van der Waals surface area (Å²) in [6.45, 7) is 19.6. The molecular weight excluding hydrogens is 220 g/mol. The smallest absolute Gasteiger partial charge is 0.0169 e. The second kappa shape index (κ2) is 9.80. The average Bonchev–Trinajstić information content (AvgIpc) is 2.23. The van der Waals surface area contributed by atoms with Crippen molar-refractivity contribution in [3.8, 4) is 0 Å². The maximum absolute atomic E-state index is 3.84. The maximum atomic E-state index is 3.84. The molecule has 0 aromatic carbocycles. The zero-order valence-electron chi connectivity index (χ0n) is 13.8. The van der Waals surface area contributed by atoms with Gasteiger partial charge in [0, 0.05) is 18.6 Å². The Morgan fingerprint density at radius 3 is 1.61 bits per heavy atom. The van der Waals surface area contributed by atoms with Gasteiger partial charge in [0.15, 0.2) is 0 Å². The van der Waals surface area contributed by atoms with E-state index in [1.165, 1.54) is 19.4 Å². The summed E-state index contributed by atoms with van der Waals surface area (Å²) in [7, 11) is 0. The lowest BCUT2D eigenvalue weighted by atomic mass is 9.95. The molecule has 1 N–H and O–H groups in total. The molecule has 0 rings (SSSR count). The lowest BCUT2D eigenvalue weighted by Crippen LogP contribution is -2.44. The Bertz CT molecular complexity index is 176. The van der Waals surface area contributed by atoms with Gasteiger partial charge in [0.1, 0.15) is 0 Å². The van der Waals surface area contributed by atoms with Crippen LogP contribution in [-0.2, 0) is 0 Å². The van der Waals surface area contributed by atoms with Gasteiger partial charge in [0.05, 0.1) is 0 Å². The molecule has 0 fully saturated rings. The first-order valence-electron chi connectivity index (χ1n) is 7.87. The van der Waals surface area contributed by atoms with Gasteiger partial charge in [-0.25, -0.2) is 0 Å². The number of nitrogens with one attached hydrogen (secondary N) is 1. The van der Waals surface area contributed by atoms with Crippen LogP contribution in [0, 0.1) is 11.8 Å². The predicted molar refractivity (Wildman–Crippen MR) is 83.1 cm³/mol. The minimum Gasteiger partial charge on any atom is -0.310 e. The highest BCUT2D eigenvalue weighted by molar-refractivity contribution is 4.76. The minimum absolute atomic E-state index is 0.590. The van der Waals surface area contributed by atoms with Crippen molar-refractivity contribution in [2.45, 2.75) is 73.4 Å². The number of likely N-dealkylation sites (N-methyl/N-ethyl adjacent to an activating group) is 1. The Labute approximate surface area is 116 Å². The Morgan fingerprint density at radius 1 is 0.833 bits per heavy atom. The molecule has 0 aliphatic heterocycles. The van der Waals surface area contributed by atoms with Gasteiger partial charge in [-0.3, -0.25) is 0 Å². The number of nitrogens with zero attached hydrogens (tertiary/aromatic N) is 1. The van der Waals surface area contributed by atoms with Crippen molar-refractivity contribution in [2.24, 2.45) is 11.8 Å². The van der Waals surface area contributed by atoms with Crippen LogP contribution in [0.1, 0.15) is 61.3 Å². The third kappa shape index (κ3) is 8.93. The molecule has 0 aliphatic carbocycles. The lowest BCUT2D eigenvalue weighted by Gasteiger charge is -2.29. The van der Waals surface area contributed by atoms with E-state index in [1.54, 1.807) is 0 Å². The summed E-state index contributed by atoms with van der Waals surface area (Å²) < 4.78 is 0. The molecule has 2 nitrogen and oxygen atoms in total. The standard InChI is InChI=1S/C16H36N2/c1-8-18(9-2)12-15(7)17-16(10-13(3)4)11-14(5)6/h13-17H,8-12H2,1-7H3. The molecule has 0 amide bonds. The molecule has 0 saturated heterocycles. The normalized spacial score (nSPS) is 14.2. The summed E-state index contributed by atoms with van der Waals surface area (Å²) in [6, 6.07) is 1.27. The Balaban J connectivity index is 4.19. The Morgan fingerprint density at radius 2 is 1.28 bits per heavy atom. The van der Waals surface area contributed by atoms with Crippen molar-refractivity contribution in [2.75, 3.05) is 19.6 Å². The molecule has 0 radical (unpaired) electrons. The summed E-state index contributed by atoms with van der Waals surface area (Å²) in [4.78, 5) is 2.50. The fourth-order valence-corrected chi connectivity index (χ4v) is 2.69. The molecule has 2 heteroatoms. The van der Waals surface area contributed by atoms with E-state index in [0.717, 1.165) is 24.9 Å². The highest BCUT2D eigenvalue weighted by Crippen LogP contribution is 2.14. The quantitative estimate of drug-likeness (QED) is 0.640. The van der Waals surface area contributed by atoms with Crippen LogP contribution < -0.4 is 5.32 Å². The highest BCUT2D eigenvalue weighted by Gasteiger charge is 2.16. The zero-order chi connectivity index (χ0) is 14.1. The van der Waals surface area contributed by atoms with Gasteiger partial charge in [0.2, 0.25) is 0 Å². The van der Waals surface area contributed by atoms with E-state index >= 15 is 0 Å². The molecule has 1 atom stereocenters. The van der Waals surface area contributed by atoms with Crippen molar-refractivity contribution in [3.63, 3.8) is 0 Å². The number of rotatable bonds is 10. The number of hydrogen-bond donors (Lipinski definition) is 1. The van der Waals surface area contributed by atoms with Crippen LogP contribution in [0.2, 0.25) is 0 Å². The SMILES string of the molecule is CCN(CC)CC(C)NC(CC(C)C)CC(C)C. The van der Waals surface area contributed by atoms with Crippen LogP contribution in [0.15, 0.2) is 0 Å². The minimum atomic E-state index is 0.590. The van der Waals surface area contributed by atoms with Crippen molar-refractivity contribution in [1.29, 1.82) is 0 Å². The molecular formula is C16H36N2. The van der Waals surface area contributed by atoms with Crippen molar-refractivity contribution < 1.29 is 0 Å². The highest BCUT2D eigenvalue weighted by atomic mass is 15.1. The van der Waals surface area contributed by atoms with E-state index in [4.69, 9.17) is 0 Å². The summed E-state index contributed by atoms with van der Waals surface area (Å²) in [5, 5.41) is 3.84. The average molecular weight is 256 g/mol. The number of hydrogen-bond acceptors (Lipinski definition) is 2. The van der Waals surface area contributed by atoms with Gasteiger partial charge in [0.25, 0.3) is 0 Å². The summed E-state index contributed by atoms with van der Waals surface area (Å²) >= 11 is 0. The van der Waals surface area contributed by atoms with Crippen molar-refractivity contribution in [1.82, 2.24) is 10.2 Å². The monoisotopic (exact) mass is 256 g/mol. The zero-order valence-corrected chi connectivity index (χ0v) is 13.8. The summed E-state index contributed by atoms with van der Waals surface area (Å²) in [6.07, 6.45) is 2.58. The van der Waals surface area contributed by atoms with Crippen LogP contribution in [0.25, 0.3) is 0 Å². The van der Waals surface area contributed by atoms with E-state index in [2.05, 4.69) is 58.7 Å².